The number of hydrogen-bond donors (Lipinski definition) is 1. The Hall–Kier alpha value is -2.02. The maximum atomic E-state index is 9.14. The molecule has 1 heteroatoms. The van der Waals surface area contributed by atoms with E-state index >= 15 is 0 Å². The van der Waals surface area contributed by atoms with Crippen molar-refractivity contribution in [2.24, 2.45) is 0 Å². The zero-order valence-corrected chi connectivity index (χ0v) is 9.01. The highest BCUT2D eigenvalue weighted by Crippen LogP contribution is 2.11. The molecular formula is C15H14O. The fourth-order valence-electron chi connectivity index (χ4n) is 1.53. The third-order valence-electron chi connectivity index (χ3n) is 2.40. The van der Waals surface area contributed by atoms with E-state index in [4.69, 9.17) is 5.11 Å². The summed E-state index contributed by atoms with van der Waals surface area (Å²) in [6.45, 7) is 0. The predicted octanol–water partition coefficient (Wildman–Crippen LogP) is 3.65. The molecule has 0 saturated heterocycles. The lowest BCUT2D eigenvalue weighted by Gasteiger charge is -1.96. The van der Waals surface area contributed by atoms with Crippen molar-refractivity contribution in [3.63, 3.8) is 0 Å². The van der Waals surface area contributed by atoms with Gasteiger partial charge in [-0.3, -0.25) is 0 Å². The van der Waals surface area contributed by atoms with Gasteiger partial charge in [0.15, 0.2) is 0 Å². The highest BCUT2D eigenvalue weighted by molar-refractivity contribution is 5.49. The number of rotatable bonds is 3. The monoisotopic (exact) mass is 210 g/mol. The Bertz CT molecular complexity index is 455. The minimum absolute atomic E-state index is 0.316. The molecule has 0 radical (unpaired) electrons. The summed E-state index contributed by atoms with van der Waals surface area (Å²) in [4.78, 5) is 0. The first-order valence-corrected chi connectivity index (χ1v) is 5.34. The molecule has 0 saturated carbocycles. The Kier molecular flexibility index (Phi) is 3.39. The summed E-state index contributed by atoms with van der Waals surface area (Å²) < 4.78 is 0. The van der Waals surface area contributed by atoms with Gasteiger partial charge in [0.25, 0.3) is 0 Å². The largest absolute Gasteiger partial charge is 0.508 e. The summed E-state index contributed by atoms with van der Waals surface area (Å²) in [5.74, 6) is 0.316. The lowest BCUT2D eigenvalue weighted by molar-refractivity contribution is 0.475. The molecule has 16 heavy (non-hydrogen) atoms. The van der Waals surface area contributed by atoms with Crippen LogP contribution in [0.4, 0.5) is 0 Å². The molecule has 0 bridgehead atoms. The van der Waals surface area contributed by atoms with Crippen LogP contribution >= 0.6 is 0 Å². The maximum absolute atomic E-state index is 9.14. The lowest BCUT2D eigenvalue weighted by atomic mass is 10.1. The van der Waals surface area contributed by atoms with Crippen LogP contribution < -0.4 is 0 Å². The number of benzene rings is 2. The van der Waals surface area contributed by atoms with Crippen LogP contribution in [0.5, 0.6) is 5.75 Å². The van der Waals surface area contributed by atoms with E-state index in [1.54, 1.807) is 12.1 Å². The van der Waals surface area contributed by atoms with Crippen molar-refractivity contribution >= 4 is 6.08 Å². The number of aromatic hydroxyl groups is 1. The van der Waals surface area contributed by atoms with Crippen molar-refractivity contribution in [2.75, 3.05) is 0 Å². The number of hydrogen-bond acceptors (Lipinski definition) is 1. The van der Waals surface area contributed by atoms with Crippen LogP contribution in [0, 0.1) is 0 Å². The van der Waals surface area contributed by atoms with E-state index in [-0.39, 0.29) is 0 Å². The standard InChI is InChI=1S/C15H14O/c16-15-11-9-14(10-12-15)8-4-7-13-5-2-1-3-6-13/h1-7,9-12,16H,8H2/b7-4-. The molecule has 0 heterocycles. The Morgan fingerprint density at radius 3 is 2.25 bits per heavy atom. The highest BCUT2D eigenvalue weighted by atomic mass is 16.3. The average molecular weight is 210 g/mol. The van der Waals surface area contributed by atoms with Gasteiger partial charge in [-0.25, -0.2) is 0 Å². The van der Waals surface area contributed by atoms with E-state index in [2.05, 4.69) is 24.3 Å². The summed E-state index contributed by atoms with van der Waals surface area (Å²) in [6, 6.07) is 17.5. The SMILES string of the molecule is Oc1ccc(C/C=C\c2ccccc2)cc1. The van der Waals surface area contributed by atoms with Crippen molar-refractivity contribution < 1.29 is 5.11 Å². The Balaban J connectivity index is 1.97. The van der Waals surface area contributed by atoms with Crippen LogP contribution in [0.25, 0.3) is 6.08 Å². The zero-order valence-electron chi connectivity index (χ0n) is 9.01. The van der Waals surface area contributed by atoms with Gasteiger partial charge in [0.2, 0.25) is 0 Å². The van der Waals surface area contributed by atoms with Gasteiger partial charge in [-0.05, 0) is 29.7 Å². The van der Waals surface area contributed by atoms with E-state index in [0.717, 1.165) is 6.42 Å². The van der Waals surface area contributed by atoms with Crippen LogP contribution in [0.2, 0.25) is 0 Å². The van der Waals surface area contributed by atoms with Crippen LogP contribution in [0.15, 0.2) is 60.7 Å². The van der Waals surface area contributed by atoms with Crippen molar-refractivity contribution in [3.05, 3.63) is 71.8 Å². The van der Waals surface area contributed by atoms with E-state index in [1.807, 2.05) is 30.3 Å². The summed E-state index contributed by atoms with van der Waals surface area (Å²) >= 11 is 0. The normalized spacial score (nSPS) is 10.8. The van der Waals surface area contributed by atoms with Gasteiger partial charge in [-0.15, -0.1) is 0 Å². The molecule has 0 aromatic heterocycles. The second kappa shape index (κ2) is 5.17. The first kappa shape index (κ1) is 10.5. The number of phenolic OH excluding ortho intramolecular Hbond substituents is 1. The highest BCUT2D eigenvalue weighted by Gasteiger charge is 1.90. The van der Waals surface area contributed by atoms with Crippen molar-refractivity contribution in [3.8, 4) is 5.75 Å². The lowest BCUT2D eigenvalue weighted by Crippen LogP contribution is -1.79. The van der Waals surface area contributed by atoms with Crippen LogP contribution in [-0.4, -0.2) is 5.11 Å². The fraction of sp³-hybridized carbons (Fsp3) is 0.0667. The molecular weight excluding hydrogens is 196 g/mol. The van der Waals surface area contributed by atoms with Crippen molar-refractivity contribution in [1.82, 2.24) is 0 Å². The van der Waals surface area contributed by atoms with Gasteiger partial charge in [0.05, 0.1) is 0 Å². The Morgan fingerprint density at radius 2 is 1.56 bits per heavy atom. The van der Waals surface area contributed by atoms with Gasteiger partial charge in [-0.1, -0.05) is 54.6 Å². The third-order valence-corrected chi connectivity index (χ3v) is 2.40. The third kappa shape index (κ3) is 2.99. The second-order valence-corrected chi connectivity index (χ2v) is 3.68. The van der Waals surface area contributed by atoms with Gasteiger partial charge < -0.3 is 5.11 Å². The first-order valence-electron chi connectivity index (χ1n) is 5.34. The molecule has 2 aromatic rings. The molecule has 0 spiro atoms. The number of phenols is 1. The van der Waals surface area contributed by atoms with Gasteiger partial charge in [0, 0.05) is 0 Å². The smallest absolute Gasteiger partial charge is 0.115 e. The molecule has 80 valence electrons. The molecule has 1 N–H and O–H groups in total. The van der Waals surface area contributed by atoms with Gasteiger partial charge in [-0.2, -0.15) is 0 Å². The molecule has 1 nitrogen and oxygen atoms in total. The number of allylic oxidation sites excluding steroid dienone is 1. The van der Waals surface area contributed by atoms with Gasteiger partial charge in [0.1, 0.15) is 5.75 Å². The molecule has 0 atom stereocenters. The summed E-state index contributed by atoms with van der Waals surface area (Å²) in [6.07, 6.45) is 5.11. The molecule has 0 unspecified atom stereocenters. The molecule has 0 fully saturated rings. The molecule has 0 aliphatic rings. The van der Waals surface area contributed by atoms with Crippen molar-refractivity contribution in [2.45, 2.75) is 6.42 Å². The maximum Gasteiger partial charge on any atom is 0.115 e. The Morgan fingerprint density at radius 1 is 0.875 bits per heavy atom. The summed E-state index contributed by atoms with van der Waals surface area (Å²) in [7, 11) is 0. The predicted molar refractivity (Wildman–Crippen MR) is 67.3 cm³/mol. The quantitative estimate of drug-likeness (QED) is 0.819. The molecule has 0 aliphatic heterocycles. The zero-order chi connectivity index (χ0) is 11.2. The first-order chi connectivity index (χ1) is 7.84. The van der Waals surface area contributed by atoms with E-state index in [0.29, 0.717) is 5.75 Å². The van der Waals surface area contributed by atoms with Crippen molar-refractivity contribution in [1.29, 1.82) is 0 Å². The van der Waals surface area contributed by atoms with Crippen LogP contribution in [0.3, 0.4) is 0 Å². The van der Waals surface area contributed by atoms with Gasteiger partial charge >= 0.3 is 0 Å². The average Bonchev–Trinajstić information content (AvgIpc) is 2.33. The molecule has 2 rings (SSSR count). The minimum atomic E-state index is 0.316. The second-order valence-electron chi connectivity index (χ2n) is 3.68. The Labute approximate surface area is 95.7 Å². The van der Waals surface area contributed by atoms with E-state index < -0.39 is 0 Å². The summed E-state index contributed by atoms with van der Waals surface area (Å²) in [5, 5.41) is 9.14. The fourth-order valence-corrected chi connectivity index (χ4v) is 1.53. The van der Waals surface area contributed by atoms with E-state index in [1.165, 1.54) is 11.1 Å². The van der Waals surface area contributed by atoms with Crippen LogP contribution in [-0.2, 0) is 6.42 Å². The van der Waals surface area contributed by atoms with Crippen LogP contribution in [0.1, 0.15) is 11.1 Å². The molecule has 2 aromatic carbocycles. The molecule has 0 amide bonds. The topological polar surface area (TPSA) is 20.2 Å². The van der Waals surface area contributed by atoms with E-state index in [9.17, 15) is 0 Å². The molecule has 0 aliphatic carbocycles. The summed E-state index contributed by atoms with van der Waals surface area (Å²) in [5.41, 5.74) is 2.41. The minimum Gasteiger partial charge on any atom is -0.508 e.